The Bertz CT molecular complexity index is 418. The third-order valence-electron chi connectivity index (χ3n) is 1.50. The summed E-state index contributed by atoms with van der Waals surface area (Å²) in [5.41, 5.74) is -0.348. The Labute approximate surface area is 88.3 Å². The summed E-state index contributed by atoms with van der Waals surface area (Å²) in [5.74, 6) is 3.51. The first-order valence-electron chi connectivity index (χ1n) is 3.68. The quantitative estimate of drug-likeness (QED) is 0.430. The second kappa shape index (κ2) is 4.87. The minimum absolute atomic E-state index is 0.0486. The molecule has 0 amide bonds. The van der Waals surface area contributed by atoms with Gasteiger partial charge in [0.25, 0.3) is 0 Å². The van der Waals surface area contributed by atoms with Crippen molar-refractivity contribution in [1.82, 2.24) is 0 Å². The van der Waals surface area contributed by atoms with Gasteiger partial charge in [0, 0.05) is 0 Å². The Kier molecular flexibility index (Phi) is 3.78. The molecule has 1 nitrogen and oxygen atoms in total. The van der Waals surface area contributed by atoms with Crippen molar-refractivity contribution in [3.05, 3.63) is 34.9 Å². The third kappa shape index (κ3) is 2.39. The summed E-state index contributed by atoms with van der Waals surface area (Å²) < 4.78 is 26.1. The van der Waals surface area contributed by atoms with Gasteiger partial charge in [0.1, 0.15) is 11.6 Å². The normalized spacial score (nSPS) is 9.07. The highest BCUT2D eigenvalue weighted by Gasteiger charge is 2.07. The topological polar surface area (TPSA) is 17.1 Å². The molecule has 4 heteroatoms. The van der Waals surface area contributed by atoms with Gasteiger partial charge in [-0.1, -0.05) is 27.8 Å². The van der Waals surface area contributed by atoms with Crippen molar-refractivity contribution in [2.45, 2.75) is 0 Å². The van der Waals surface area contributed by atoms with Crippen LogP contribution in [-0.4, -0.2) is 11.6 Å². The van der Waals surface area contributed by atoms with Crippen LogP contribution in [0.2, 0.25) is 0 Å². The Morgan fingerprint density at radius 1 is 1.36 bits per heavy atom. The van der Waals surface area contributed by atoms with Gasteiger partial charge < -0.3 is 0 Å². The summed E-state index contributed by atoms with van der Waals surface area (Å²) in [6.07, 6.45) is 0.264. The van der Waals surface area contributed by atoms with Crippen LogP contribution in [0, 0.1) is 23.5 Å². The lowest BCUT2D eigenvalue weighted by atomic mass is 10.1. The molecule has 0 atom stereocenters. The first-order valence-corrected chi connectivity index (χ1v) is 4.80. The molecule has 0 saturated carbocycles. The summed E-state index contributed by atoms with van der Waals surface area (Å²) in [6.45, 7) is 0. The average Bonchev–Trinajstić information content (AvgIpc) is 2.18. The summed E-state index contributed by atoms with van der Waals surface area (Å²) in [4.78, 5) is 10.3. The van der Waals surface area contributed by atoms with Gasteiger partial charge in [0.2, 0.25) is 0 Å². The van der Waals surface area contributed by atoms with E-state index in [1.165, 1.54) is 0 Å². The Morgan fingerprint density at radius 2 is 2.07 bits per heavy atom. The van der Waals surface area contributed by atoms with E-state index in [-0.39, 0.29) is 17.4 Å². The molecule has 0 aliphatic carbocycles. The number of hydrogen-bond donors (Lipinski definition) is 0. The van der Waals surface area contributed by atoms with Crippen molar-refractivity contribution < 1.29 is 13.6 Å². The zero-order valence-electron chi connectivity index (χ0n) is 6.98. The van der Waals surface area contributed by atoms with E-state index in [1.54, 1.807) is 0 Å². The van der Waals surface area contributed by atoms with E-state index in [0.717, 1.165) is 12.1 Å². The van der Waals surface area contributed by atoms with Crippen LogP contribution in [-0.2, 0) is 0 Å². The van der Waals surface area contributed by atoms with E-state index in [0.29, 0.717) is 5.33 Å². The lowest BCUT2D eigenvalue weighted by Gasteiger charge is -1.97. The number of aldehydes is 1. The number of carbonyl (C=O) groups is 1. The van der Waals surface area contributed by atoms with Crippen LogP contribution in [0.5, 0.6) is 0 Å². The van der Waals surface area contributed by atoms with E-state index >= 15 is 0 Å². The molecular weight excluding hydrogens is 254 g/mol. The van der Waals surface area contributed by atoms with Crippen LogP contribution in [0.25, 0.3) is 0 Å². The van der Waals surface area contributed by atoms with Crippen LogP contribution < -0.4 is 0 Å². The fourth-order valence-corrected chi connectivity index (χ4v) is 1.02. The van der Waals surface area contributed by atoms with E-state index in [1.807, 2.05) is 0 Å². The van der Waals surface area contributed by atoms with Gasteiger partial charge in [0.15, 0.2) is 6.29 Å². The van der Waals surface area contributed by atoms with Gasteiger partial charge in [-0.2, -0.15) is 0 Å². The molecule has 0 bridgehead atoms. The summed E-state index contributed by atoms with van der Waals surface area (Å²) in [5, 5.41) is 0.378. The Hall–Kier alpha value is -1.21. The van der Waals surface area contributed by atoms with E-state index in [9.17, 15) is 13.6 Å². The molecule has 0 unspecified atom stereocenters. The minimum atomic E-state index is -0.764. The zero-order valence-corrected chi connectivity index (χ0v) is 8.57. The number of carbonyl (C=O) groups excluding carboxylic acids is 1. The molecule has 1 aromatic rings. The van der Waals surface area contributed by atoms with Crippen LogP contribution in [0.3, 0.4) is 0 Å². The standard InChI is InChI=1S/C10H5BrF2O/c11-3-1-2-7-4-10(13)8(6-14)5-9(7)12/h4-6H,3H2. The van der Waals surface area contributed by atoms with Crippen LogP contribution in [0.15, 0.2) is 12.1 Å². The monoisotopic (exact) mass is 258 g/mol. The fourth-order valence-electron chi connectivity index (χ4n) is 0.877. The molecule has 14 heavy (non-hydrogen) atoms. The second-order valence-electron chi connectivity index (χ2n) is 2.41. The number of benzene rings is 1. The molecule has 0 fully saturated rings. The van der Waals surface area contributed by atoms with Crippen molar-refractivity contribution >= 4 is 22.2 Å². The molecule has 0 radical (unpaired) electrons. The number of alkyl halides is 1. The van der Waals surface area contributed by atoms with Gasteiger partial charge in [0.05, 0.1) is 16.5 Å². The maximum Gasteiger partial charge on any atom is 0.153 e. The lowest BCUT2D eigenvalue weighted by Crippen LogP contribution is -1.93. The maximum absolute atomic E-state index is 13.1. The van der Waals surface area contributed by atoms with Crippen molar-refractivity contribution in [2.75, 3.05) is 5.33 Å². The van der Waals surface area contributed by atoms with Crippen LogP contribution >= 0.6 is 15.9 Å². The van der Waals surface area contributed by atoms with Crippen LogP contribution in [0.1, 0.15) is 15.9 Å². The molecular formula is C10H5BrF2O. The summed E-state index contributed by atoms with van der Waals surface area (Å²) in [6, 6.07) is 1.75. The molecule has 1 rings (SSSR count). The molecule has 72 valence electrons. The largest absolute Gasteiger partial charge is 0.298 e. The lowest BCUT2D eigenvalue weighted by molar-refractivity contribution is 0.111. The maximum atomic E-state index is 13.1. The van der Waals surface area contributed by atoms with Gasteiger partial charge in [-0.15, -0.1) is 0 Å². The predicted molar refractivity (Wildman–Crippen MR) is 52.4 cm³/mol. The van der Waals surface area contributed by atoms with E-state index in [4.69, 9.17) is 0 Å². The van der Waals surface area contributed by atoms with Crippen LogP contribution in [0.4, 0.5) is 8.78 Å². The van der Waals surface area contributed by atoms with Gasteiger partial charge >= 0.3 is 0 Å². The molecule has 0 N–H and O–H groups in total. The predicted octanol–water partition coefficient (Wildman–Crippen LogP) is 2.52. The molecule has 0 spiro atoms. The first-order chi connectivity index (χ1) is 6.69. The smallest absolute Gasteiger partial charge is 0.153 e. The number of rotatable bonds is 1. The molecule has 0 aromatic heterocycles. The van der Waals surface area contributed by atoms with Crippen molar-refractivity contribution in [3.63, 3.8) is 0 Å². The average molecular weight is 259 g/mol. The third-order valence-corrected chi connectivity index (χ3v) is 1.78. The Morgan fingerprint density at radius 3 is 2.64 bits per heavy atom. The molecule has 0 aliphatic rings. The van der Waals surface area contributed by atoms with Gasteiger partial charge in [-0.05, 0) is 12.1 Å². The molecule has 0 saturated heterocycles. The molecule has 0 heterocycles. The number of hydrogen-bond acceptors (Lipinski definition) is 1. The van der Waals surface area contributed by atoms with Gasteiger partial charge in [-0.3, -0.25) is 4.79 Å². The highest BCUT2D eigenvalue weighted by molar-refractivity contribution is 9.09. The summed E-state index contributed by atoms with van der Waals surface area (Å²) in [7, 11) is 0. The SMILES string of the molecule is O=Cc1cc(F)c(C#CCBr)cc1F. The molecule has 1 aromatic carbocycles. The van der Waals surface area contributed by atoms with Gasteiger partial charge in [-0.25, -0.2) is 8.78 Å². The molecule has 0 aliphatic heterocycles. The Balaban J connectivity index is 3.21. The van der Waals surface area contributed by atoms with Crippen molar-refractivity contribution in [1.29, 1.82) is 0 Å². The van der Waals surface area contributed by atoms with Crippen molar-refractivity contribution in [3.8, 4) is 11.8 Å². The summed E-state index contributed by atoms with van der Waals surface area (Å²) >= 11 is 3.03. The fraction of sp³-hybridized carbons (Fsp3) is 0.100. The minimum Gasteiger partial charge on any atom is -0.298 e. The van der Waals surface area contributed by atoms with E-state index in [2.05, 4.69) is 27.8 Å². The van der Waals surface area contributed by atoms with Crippen molar-refractivity contribution in [2.24, 2.45) is 0 Å². The van der Waals surface area contributed by atoms with E-state index < -0.39 is 11.6 Å². The number of halogens is 3. The zero-order chi connectivity index (χ0) is 10.6. The first kappa shape index (κ1) is 10.9. The second-order valence-corrected chi connectivity index (χ2v) is 2.97. The highest BCUT2D eigenvalue weighted by Crippen LogP contribution is 2.12. The highest BCUT2D eigenvalue weighted by atomic mass is 79.9.